The Morgan fingerprint density at radius 2 is 1.81 bits per heavy atom. The van der Waals surface area contributed by atoms with Crippen LogP contribution >= 0.6 is 0 Å². The molecule has 3 rings (SSSR count). The first-order valence-corrected chi connectivity index (χ1v) is 9.41. The van der Waals surface area contributed by atoms with Crippen LogP contribution in [0.1, 0.15) is 23.0 Å². The summed E-state index contributed by atoms with van der Waals surface area (Å²) < 4.78 is 5.14. The molecule has 0 radical (unpaired) electrons. The number of methoxy groups -OCH3 is 1. The van der Waals surface area contributed by atoms with Crippen molar-refractivity contribution in [1.29, 1.82) is 0 Å². The van der Waals surface area contributed by atoms with Gasteiger partial charge in [0.05, 0.1) is 7.11 Å². The number of ether oxygens (including phenoxy) is 1. The summed E-state index contributed by atoms with van der Waals surface area (Å²) in [4.78, 5) is 16.9. The van der Waals surface area contributed by atoms with Crippen LogP contribution in [0.3, 0.4) is 0 Å². The summed E-state index contributed by atoms with van der Waals surface area (Å²) in [6.07, 6.45) is 0.753. The quantitative estimate of drug-likeness (QED) is 0.799. The number of benzene rings is 1. The molecule has 1 aliphatic heterocycles. The number of likely N-dealkylation sites (N-methyl/N-ethyl adjacent to an activating group) is 1. The molecule has 1 saturated heterocycles. The van der Waals surface area contributed by atoms with Crippen molar-refractivity contribution in [3.63, 3.8) is 0 Å². The van der Waals surface area contributed by atoms with Crippen LogP contribution in [0.4, 0.5) is 5.82 Å². The summed E-state index contributed by atoms with van der Waals surface area (Å²) in [7, 11) is 1.65. The van der Waals surface area contributed by atoms with Crippen molar-refractivity contribution in [2.24, 2.45) is 0 Å². The van der Waals surface area contributed by atoms with E-state index >= 15 is 0 Å². The van der Waals surface area contributed by atoms with Gasteiger partial charge < -0.3 is 19.9 Å². The minimum atomic E-state index is -0.196. The van der Waals surface area contributed by atoms with Gasteiger partial charge in [-0.1, -0.05) is 19.1 Å². The minimum Gasteiger partial charge on any atom is -0.497 e. The van der Waals surface area contributed by atoms with Crippen LogP contribution in [0, 0.1) is 0 Å². The summed E-state index contributed by atoms with van der Waals surface area (Å²) in [5.74, 6) is 1.47. The van der Waals surface area contributed by atoms with Crippen LogP contribution in [0.5, 0.6) is 5.75 Å². The fraction of sp³-hybridized carbons (Fsp3) is 0.450. The van der Waals surface area contributed by atoms with E-state index < -0.39 is 0 Å². The maximum atomic E-state index is 12.3. The van der Waals surface area contributed by atoms with E-state index in [0.29, 0.717) is 12.2 Å². The van der Waals surface area contributed by atoms with Gasteiger partial charge in [-0.3, -0.25) is 4.79 Å². The van der Waals surface area contributed by atoms with Crippen LogP contribution in [0.25, 0.3) is 0 Å². The summed E-state index contributed by atoms with van der Waals surface area (Å²) in [6.45, 7) is 7.75. The molecule has 0 saturated carbocycles. The highest BCUT2D eigenvalue weighted by atomic mass is 16.5. The van der Waals surface area contributed by atoms with Crippen molar-refractivity contribution in [1.82, 2.24) is 20.4 Å². The van der Waals surface area contributed by atoms with Gasteiger partial charge in [-0.25, -0.2) is 0 Å². The summed E-state index contributed by atoms with van der Waals surface area (Å²) >= 11 is 0. The topological polar surface area (TPSA) is 70.6 Å². The smallest absolute Gasteiger partial charge is 0.271 e. The molecule has 0 unspecified atom stereocenters. The number of nitrogens with one attached hydrogen (secondary N) is 1. The summed E-state index contributed by atoms with van der Waals surface area (Å²) in [5, 5.41) is 11.2. The maximum absolute atomic E-state index is 12.3. The second kappa shape index (κ2) is 9.32. The first kappa shape index (κ1) is 19.1. The zero-order valence-electron chi connectivity index (χ0n) is 16.0. The van der Waals surface area contributed by atoms with Crippen molar-refractivity contribution in [2.45, 2.75) is 13.3 Å². The van der Waals surface area contributed by atoms with Crippen LogP contribution < -0.4 is 15.0 Å². The Morgan fingerprint density at radius 1 is 1.07 bits per heavy atom. The van der Waals surface area contributed by atoms with Gasteiger partial charge in [0.1, 0.15) is 5.75 Å². The molecule has 7 heteroatoms. The van der Waals surface area contributed by atoms with E-state index in [1.54, 1.807) is 13.2 Å². The van der Waals surface area contributed by atoms with Gasteiger partial charge in [-0.15, -0.1) is 10.2 Å². The Labute approximate surface area is 160 Å². The third-order valence-electron chi connectivity index (χ3n) is 4.88. The molecule has 0 atom stereocenters. The average molecular weight is 369 g/mol. The number of aromatic nitrogens is 2. The SMILES string of the molecule is CCN1CCN(c2ccc(C(=O)NCCc3ccc(OC)cc3)nn2)CC1. The normalized spacial score (nSPS) is 14.8. The molecule has 0 spiro atoms. The molecule has 144 valence electrons. The number of amides is 1. The van der Waals surface area contributed by atoms with Crippen molar-refractivity contribution in [3.05, 3.63) is 47.7 Å². The number of rotatable bonds is 7. The highest BCUT2D eigenvalue weighted by molar-refractivity contribution is 5.92. The molecule has 1 aromatic carbocycles. The van der Waals surface area contributed by atoms with Crippen LogP contribution in [-0.4, -0.2) is 67.4 Å². The summed E-state index contributed by atoms with van der Waals surface area (Å²) in [5.41, 5.74) is 1.49. The molecule has 1 N–H and O–H groups in total. The Bertz CT molecular complexity index is 725. The second-order valence-electron chi connectivity index (χ2n) is 6.55. The molecule has 1 amide bonds. The minimum absolute atomic E-state index is 0.196. The molecule has 0 bridgehead atoms. The Morgan fingerprint density at radius 3 is 2.41 bits per heavy atom. The highest BCUT2D eigenvalue weighted by Crippen LogP contribution is 2.13. The molecular formula is C20H27N5O2. The molecule has 1 aliphatic rings. The monoisotopic (exact) mass is 369 g/mol. The molecule has 2 aromatic rings. The molecule has 7 nitrogen and oxygen atoms in total. The van der Waals surface area contributed by atoms with E-state index in [9.17, 15) is 4.79 Å². The van der Waals surface area contributed by atoms with Crippen molar-refractivity contribution < 1.29 is 9.53 Å². The predicted molar refractivity (Wildman–Crippen MR) is 105 cm³/mol. The number of carbonyl (C=O) groups excluding carboxylic acids is 1. The molecule has 27 heavy (non-hydrogen) atoms. The summed E-state index contributed by atoms with van der Waals surface area (Å²) in [6, 6.07) is 11.5. The number of carbonyl (C=O) groups is 1. The number of nitrogens with zero attached hydrogens (tertiary/aromatic N) is 4. The lowest BCUT2D eigenvalue weighted by atomic mass is 10.1. The molecule has 2 heterocycles. The zero-order valence-corrected chi connectivity index (χ0v) is 16.0. The first-order chi connectivity index (χ1) is 13.2. The third-order valence-corrected chi connectivity index (χ3v) is 4.88. The van der Waals surface area contributed by atoms with Gasteiger partial charge in [0.15, 0.2) is 11.5 Å². The van der Waals surface area contributed by atoms with Gasteiger partial charge in [0.2, 0.25) is 0 Å². The lowest BCUT2D eigenvalue weighted by Crippen LogP contribution is -2.46. The predicted octanol–water partition coefficient (Wildman–Crippen LogP) is 1.60. The van der Waals surface area contributed by atoms with Crippen LogP contribution in [0.2, 0.25) is 0 Å². The van der Waals surface area contributed by atoms with Crippen LogP contribution in [0.15, 0.2) is 36.4 Å². The van der Waals surface area contributed by atoms with Gasteiger partial charge in [0, 0.05) is 32.7 Å². The first-order valence-electron chi connectivity index (χ1n) is 9.41. The molecule has 1 fully saturated rings. The number of hydrogen-bond acceptors (Lipinski definition) is 6. The van der Waals surface area contributed by atoms with Crippen molar-refractivity contribution >= 4 is 11.7 Å². The van der Waals surface area contributed by atoms with Crippen molar-refractivity contribution in [3.8, 4) is 5.75 Å². The average Bonchev–Trinajstić information content (AvgIpc) is 2.74. The van der Waals surface area contributed by atoms with Crippen LogP contribution in [-0.2, 0) is 6.42 Å². The zero-order chi connectivity index (χ0) is 19.1. The molecule has 0 aliphatic carbocycles. The van der Waals surface area contributed by atoms with Gasteiger partial charge in [-0.2, -0.15) is 0 Å². The van der Waals surface area contributed by atoms with Crippen molar-refractivity contribution in [2.75, 3.05) is 51.3 Å². The van der Waals surface area contributed by atoms with E-state index in [-0.39, 0.29) is 5.91 Å². The van der Waals surface area contributed by atoms with Gasteiger partial charge in [0.25, 0.3) is 5.91 Å². The number of anilines is 1. The fourth-order valence-electron chi connectivity index (χ4n) is 3.11. The van der Waals surface area contributed by atoms with E-state index in [1.807, 2.05) is 30.3 Å². The third kappa shape index (κ3) is 5.17. The van der Waals surface area contributed by atoms with E-state index in [0.717, 1.165) is 56.3 Å². The standard InChI is InChI=1S/C20H27N5O2/c1-3-24-12-14-25(15-13-24)19-9-8-18(22-23-19)20(26)21-11-10-16-4-6-17(27-2)7-5-16/h4-9H,3,10-15H2,1-2H3,(H,21,26). The van der Waals surface area contributed by atoms with Gasteiger partial charge in [-0.05, 0) is 42.8 Å². The number of hydrogen-bond donors (Lipinski definition) is 1. The number of piperazine rings is 1. The molecule has 1 aromatic heterocycles. The second-order valence-corrected chi connectivity index (χ2v) is 6.55. The Kier molecular flexibility index (Phi) is 6.59. The lowest BCUT2D eigenvalue weighted by Gasteiger charge is -2.34. The largest absolute Gasteiger partial charge is 0.497 e. The van der Waals surface area contributed by atoms with E-state index in [1.165, 1.54) is 0 Å². The fourth-order valence-corrected chi connectivity index (χ4v) is 3.11. The van der Waals surface area contributed by atoms with Gasteiger partial charge >= 0.3 is 0 Å². The van der Waals surface area contributed by atoms with E-state index in [2.05, 4.69) is 32.2 Å². The lowest BCUT2D eigenvalue weighted by molar-refractivity contribution is 0.0948. The Balaban J connectivity index is 1.47. The highest BCUT2D eigenvalue weighted by Gasteiger charge is 2.17. The maximum Gasteiger partial charge on any atom is 0.271 e. The molecular weight excluding hydrogens is 342 g/mol. The van der Waals surface area contributed by atoms with E-state index in [4.69, 9.17) is 4.74 Å². The Hall–Kier alpha value is -2.67.